The minimum atomic E-state index is 0.106. The van der Waals surface area contributed by atoms with Crippen molar-refractivity contribution in [2.45, 2.75) is 18.8 Å². The van der Waals surface area contributed by atoms with Crippen LogP contribution in [0.5, 0.6) is 0 Å². The number of fused-ring (bicyclic) bond motifs is 1. The molecule has 0 saturated carbocycles. The van der Waals surface area contributed by atoms with Gasteiger partial charge in [0.1, 0.15) is 5.69 Å². The van der Waals surface area contributed by atoms with E-state index in [4.69, 9.17) is 14.8 Å². The van der Waals surface area contributed by atoms with Gasteiger partial charge in [-0.1, -0.05) is 0 Å². The van der Waals surface area contributed by atoms with Crippen LogP contribution in [0, 0.1) is 0 Å². The van der Waals surface area contributed by atoms with Gasteiger partial charge >= 0.3 is 0 Å². The quantitative estimate of drug-likeness (QED) is 0.679. The Morgan fingerprint density at radius 2 is 1.90 bits per heavy atom. The Balaban J connectivity index is 1.28. The number of nitrogens with zero attached hydrogens (tertiary/aromatic N) is 6. The monoisotopic (exact) mass is 394 g/mol. The van der Waals surface area contributed by atoms with Gasteiger partial charge in [-0.3, -0.25) is 4.79 Å². The molecule has 0 spiro atoms. The molecule has 0 aliphatic carbocycles. The minimum absolute atomic E-state index is 0.106. The number of carbonyl (C=O) groups excluding carboxylic acids is 1. The van der Waals surface area contributed by atoms with Gasteiger partial charge in [0.2, 0.25) is 0 Å². The number of ether oxygens (including phenoxy) is 1. The van der Waals surface area contributed by atoms with Crippen LogP contribution in [0.3, 0.4) is 0 Å². The zero-order chi connectivity index (χ0) is 19.8. The summed E-state index contributed by atoms with van der Waals surface area (Å²) < 4.78 is 9.21. The Bertz CT molecular complexity index is 1010. The molecule has 8 heteroatoms. The predicted octanol–water partition coefficient (Wildman–Crippen LogP) is 1.92. The highest BCUT2D eigenvalue weighted by Gasteiger charge is 2.28. The van der Waals surface area contributed by atoms with Gasteiger partial charge in [-0.25, -0.2) is 9.50 Å². The maximum absolute atomic E-state index is 12.7. The topological polar surface area (TPSA) is 67.9 Å². The van der Waals surface area contributed by atoms with Crippen LogP contribution >= 0.6 is 0 Å². The average Bonchev–Trinajstić information content (AvgIpc) is 3.39. The number of piperidine rings is 1. The number of likely N-dealkylation sites (tertiary alicyclic amines) is 1. The fraction of sp³-hybridized carbons (Fsp3) is 0.476. The number of hydrogen-bond donors (Lipinski definition) is 0. The van der Waals surface area contributed by atoms with Crippen LogP contribution < -0.4 is 4.90 Å². The first kappa shape index (κ1) is 18.2. The molecule has 0 N–H and O–H groups in total. The van der Waals surface area contributed by atoms with E-state index in [0.29, 0.717) is 5.92 Å². The van der Waals surface area contributed by atoms with Crippen molar-refractivity contribution < 1.29 is 9.53 Å². The minimum Gasteiger partial charge on any atom is -0.378 e. The first-order valence-corrected chi connectivity index (χ1v) is 10.3. The van der Waals surface area contributed by atoms with Crippen LogP contribution in [0.25, 0.3) is 5.65 Å². The van der Waals surface area contributed by atoms with Crippen molar-refractivity contribution in [1.29, 1.82) is 0 Å². The molecule has 2 fully saturated rings. The third kappa shape index (κ3) is 3.48. The van der Waals surface area contributed by atoms with Gasteiger partial charge in [-0.05, 0) is 37.1 Å². The van der Waals surface area contributed by atoms with Crippen molar-refractivity contribution in [2.75, 3.05) is 44.3 Å². The molecule has 0 unspecified atom stereocenters. The summed E-state index contributed by atoms with van der Waals surface area (Å²) in [4.78, 5) is 21.7. The number of amides is 1. The molecule has 8 nitrogen and oxygen atoms in total. The molecule has 5 heterocycles. The Labute approximate surface area is 169 Å². The Morgan fingerprint density at radius 1 is 1.10 bits per heavy atom. The van der Waals surface area contributed by atoms with E-state index < -0.39 is 0 Å². The number of anilines is 1. The lowest BCUT2D eigenvalue weighted by Gasteiger charge is -2.30. The SMILES string of the molecule is Cn1cccc1C(=O)N1CCC(c2nc3ccc(N4CCOCC4)cn3n2)CC1. The average molecular weight is 394 g/mol. The van der Waals surface area contributed by atoms with Gasteiger partial charge in [0, 0.05) is 45.3 Å². The van der Waals surface area contributed by atoms with Crippen LogP contribution in [0.1, 0.15) is 35.1 Å². The lowest BCUT2D eigenvalue weighted by atomic mass is 9.96. The molecule has 29 heavy (non-hydrogen) atoms. The van der Waals surface area contributed by atoms with Crippen molar-refractivity contribution in [1.82, 2.24) is 24.1 Å². The van der Waals surface area contributed by atoms with Crippen molar-refractivity contribution >= 4 is 17.2 Å². The van der Waals surface area contributed by atoms with Gasteiger partial charge in [-0.2, -0.15) is 5.10 Å². The summed E-state index contributed by atoms with van der Waals surface area (Å²) in [6.45, 7) is 4.81. The summed E-state index contributed by atoms with van der Waals surface area (Å²) in [6.07, 6.45) is 5.75. The molecule has 3 aromatic rings. The molecule has 152 valence electrons. The Kier molecular flexibility index (Phi) is 4.71. The van der Waals surface area contributed by atoms with Crippen LogP contribution in [0.4, 0.5) is 5.69 Å². The van der Waals surface area contributed by atoms with Crippen molar-refractivity contribution in [2.24, 2.45) is 7.05 Å². The summed E-state index contributed by atoms with van der Waals surface area (Å²) >= 11 is 0. The molecule has 5 rings (SSSR count). The summed E-state index contributed by atoms with van der Waals surface area (Å²) in [5, 5.41) is 4.77. The maximum Gasteiger partial charge on any atom is 0.270 e. The van der Waals surface area contributed by atoms with Crippen LogP contribution in [-0.2, 0) is 11.8 Å². The highest BCUT2D eigenvalue weighted by molar-refractivity contribution is 5.92. The number of aromatic nitrogens is 4. The first-order chi connectivity index (χ1) is 14.2. The first-order valence-electron chi connectivity index (χ1n) is 10.3. The molecule has 2 aliphatic heterocycles. The lowest BCUT2D eigenvalue weighted by Crippen LogP contribution is -2.38. The zero-order valence-corrected chi connectivity index (χ0v) is 16.7. The number of morpholine rings is 1. The normalized spacial score (nSPS) is 18.5. The third-order valence-corrected chi connectivity index (χ3v) is 6.02. The molecule has 0 aromatic carbocycles. The second kappa shape index (κ2) is 7.51. The molecule has 2 aliphatic rings. The van der Waals surface area contributed by atoms with Gasteiger partial charge in [-0.15, -0.1) is 0 Å². The number of pyridine rings is 1. The van der Waals surface area contributed by atoms with E-state index in [1.54, 1.807) is 0 Å². The third-order valence-electron chi connectivity index (χ3n) is 6.02. The zero-order valence-electron chi connectivity index (χ0n) is 16.7. The van der Waals surface area contributed by atoms with Crippen LogP contribution in [0.15, 0.2) is 36.7 Å². The predicted molar refractivity (Wildman–Crippen MR) is 109 cm³/mol. The number of hydrogen-bond acceptors (Lipinski definition) is 5. The summed E-state index contributed by atoms with van der Waals surface area (Å²) in [5.41, 5.74) is 2.77. The summed E-state index contributed by atoms with van der Waals surface area (Å²) in [5.74, 6) is 1.28. The van der Waals surface area contributed by atoms with E-state index in [2.05, 4.69) is 17.2 Å². The summed E-state index contributed by atoms with van der Waals surface area (Å²) in [7, 11) is 1.91. The summed E-state index contributed by atoms with van der Waals surface area (Å²) in [6, 6.07) is 7.94. The molecule has 0 radical (unpaired) electrons. The van der Waals surface area contributed by atoms with E-state index in [1.807, 2.05) is 45.4 Å². The molecular weight excluding hydrogens is 368 g/mol. The van der Waals surface area contributed by atoms with E-state index >= 15 is 0 Å². The highest BCUT2D eigenvalue weighted by Crippen LogP contribution is 2.27. The number of carbonyl (C=O) groups is 1. The van der Waals surface area contributed by atoms with E-state index in [9.17, 15) is 4.79 Å². The van der Waals surface area contributed by atoms with Crippen molar-refractivity contribution in [3.05, 3.63) is 48.2 Å². The smallest absolute Gasteiger partial charge is 0.270 e. The van der Waals surface area contributed by atoms with Crippen LogP contribution in [0.2, 0.25) is 0 Å². The molecule has 2 saturated heterocycles. The van der Waals surface area contributed by atoms with Gasteiger partial charge in [0.15, 0.2) is 11.5 Å². The second-order valence-corrected chi connectivity index (χ2v) is 7.83. The van der Waals surface area contributed by atoms with Gasteiger partial charge in [0.05, 0.1) is 25.1 Å². The molecule has 0 atom stereocenters. The number of aryl methyl sites for hydroxylation is 1. The van der Waals surface area contributed by atoms with Gasteiger partial charge < -0.3 is 19.1 Å². The Morgan fingerprint density at radius 3 is 2.62 bits per heavy atom. The fourth-order valence-corrected chi connectivity index (χ4v) is 4.26. The van der Waals surface area contributed by atoms with Crippen molar-refractivity contribution in [3.8, 4) is 0 Å². The highest BCUT2D eigenvalue weighted by atomic mass is 16.5. The number of rotatable bonds is 3. The van der Waals surface area contributed by atoms with Gasteiger partial charge in [0.25, 0.3) is 5.91 Å². The van der Waals surface area contributed by atoms with E-state index in [1.165, 1.54) is 0 Å². The van der Waals surface area contributed by atoms with E-state index in [-0.39, 0.29) is 5.91 Å². The molecule has 0 bridgehead atoms. The fourth-order valence-electron chi connectivity index (χ4n) is 4.26. The van der Waals surface area contributed by atoms with Crippen LogP contribution in [-0.4, -0.2) is 69.4 Å². The van der Waals surface area contributed by atoms with E-state index in [0.717, 1.165) is 75.1 Å². The standard InChI is InChI=1S/C21H26N6O2/c1-24-8-2-3-18(24)21(28)26-9-6-16(7-10-26)20-22-19-5-4-17(15-27(19)23-20)25-11-13-29-14-12-25/h2-5,8,15-16H,6-7,9-14H2,1H3. The second-order valence-electron chi connectivity index (χ2n) is 7.83. The molecular formula is C21H26N6O2. The molecule has 3 aromatic heterocycles. The molecule has 1 amide bonds. The Hall–Kier alpha value is -2.87. The maximum atomic E-state index is 12.7. The lowest BCUT2D eigenvalue weighted by molar-refractivity contribution is 0.0701. The largest absolute Gasteiger partial charge is 0.378 e. The van der Waals surface area contributed by atoms with Crippen molar-refractivity contribution in [3.63, 3.8) is 0 Å².